The van der Waals surface area contributed by atoms with Crippen molar-refractivity contribution in [3.8, 4) is 0 Å². The first-order valence-corrected chi connectivity index (χ1v) is 5.77. The zero-order chi connectivity index (χ0) is 13.0. The summed E-state index contributed by atoms with van der Waals surface area (Å²) in [7, 11) is 0. The van der Waals surface area contributed by atoms with Crippen LogP contribution in [0.2, 0.25) is 0 Å². The van der Waals surface area contributed by atoms with Gasteiger partial charge in [0.25, 0.3) is 5.91 Å². The number of carbonyl (C=O) groups is 1. The molecule has 2 heterocycles. The van der Waals surface area contributed by atoms with Gasteiger partial charge in [0.2, 0.25) is 0 Å². The van der Waals surface area contributed by atoms with Crippen molar-refractivity contribution in [3.63, 3.8) is 0 Å². The predicted octanol–water partition coefficient (Wildman–Crippen LogP) is 0.819. The first kappa shape index (κ1) is 12.3. The van der Waals surface area contributed by atoms with Gasteiger partial charge in [-0.25, -0.2) is 4.68 Å². The van der Waals surface area contributed by atoms with E-state index in [2.05, 4.69) is 20.8 Å². The number of tetrazole rings is 1. The van der Waals surface area contributed by atoms with Gasteiger partial charge < -0.3 is 9.73 Å². The van der Waals surface area contributed by atoms with E-state index < -0.39 is 0 Å². The molecular formula is C11H15N5O2. The smallest absolute Gasteiger partial charge is 0.286 e. The number of aromatic nitrogens is 4. The summed E-state index contributed by atoms with van der Waals surface area (Å²) < 4.78 is 6.72. The van der Waals surface area contributed by atoms with Gasteiger partial charge in [0, 0.05) is 13.0 Å². The highest BCUT2D eigenvalue weighted by Crippen LogP contribution is 2.04. The largest absolute Gasteiger partial charge is 0.459 e. The van der Waals surface area contributed by atoms with Gasteiger partial charge in [-0.1, -0.05) is 0 Å². The molecule has 0 radical (unpaired) electrons. The van der Waals surface area contributed by atoms with E-state index >= 15 is 0 Å². The lowest BCUT2D eigenvalue weighted by atomic mass is 10.3. The molecule has 1 amide bonds. The monoisotopic (exact) mass is 249 g/mol. The highest BCUT2D eigenvalue weighted by Gasteiger charge is 2.11. The van der Waals surface area contributed by atoms with Crippen molar-refractivity contribution in [2.45, 2.75) is 26.3 Å². The van der Waals surface area contributed by atoms with Gasteiger partial charge in [-0.2, -0.15) is 0 Å². The van der Waals surface area contributed by atoms with Crippen LogP contribution in [0.25, 0.3) is 0 Å². The maximum atomic E-state index is 11.6. The molecule has 0 saturated heterocycles. The van der Waals surface area contributed by atoms with Gasteiger partial charge in [-0.05, 0) is 36.4 Å². The van der Waals surface area contributed by atoms with E-state index in [1.54, 1.807) is 16.8 Å². The Labute approximate surface area is 104 Å². The van der Waals surface area contributed by atoms with Crippen molar-refractivity contribution < 1.29 is 9.21 Å². The van der Waals surface area contributed by atoms with E-state index in [1.807, 2.05) is 13.8 Å². The molecule has 0 saturated carbocycles. The molecule has 2 aromatic rings. The van der Waals surface area contributed by atoms with E-state index in [0.29, 0.717) is 18.7 Å². The molecule has 7 nitrogen and oxygen atoms in total. The Morgan fingerprint density at radius 1 is 1.56 bits per heavy atom. The molecule has 7 heteroatoms. The molecule has 0 spiro atoms. The molecule has 0 aliphatic rings. The lowest BCUT2D eigenvalue weighted by Crippen LogP contribution is -2.26. The Morgan fingerprint density at radius 2 is 2.39 bits per heavy atom. The number of amides is 1. The third-order valence-electron chi connectivity index (χ3n) is 2.43. The lowest BCUT2D eigenvalue weighted by Gasteiger charge is -2.07. The molecule has 0 fully saturated rings. The minimum Gasteiger partial charge on any atom is -0.459 e. The Bertz CT molecular complexity index is 503. The van der Waals surface area contributed by atoms with Crippen molar-refractivity contribution in [1.29, 1.82) is 0 Å². The molecule has 18 heavy (non-hydrogen) atoms. The summed E-state index contributed by atoms with van der Waals surface area (Å²) in [6, 6.07) is 3.50. The maximum absolute atomic E-state index is 11.6. The molecular weight excluding hydrogens is 234 g/mol. The molecule has 1 N–H and O–H groups in total. The van der Waals surface area contributed by atoms with Crippen molar-refractivity contribution >= 4 is 5.91 Å². The van der Waals surface area contributed by atoms with Crippen LogP contribution in [0.1, 0.15) is 36.3 Å². The second-order valence-electron chi connectivity index (χ2n) is 4.12. The minimum absolute atomic E-state index is 0.204. The van der Waals surface area contributed by atoms with Crippen LogP contribution in [0, 0.1) is 0 Å². The third-order valence-corrected chi connectivity index (χ3v) is 2.43. The fourth-order valence-electron chi connectivity index (χ4n) is 1.56. The van der Waals surface area contributed by atoms with Crippen LogP contribution in [0.15, 0.2) is 22.8 Å². The molecule has 0 aromatic carbocycles. The Hall–Kier alpha value is -2.18. The molecule has 2 rings (SSSR count). The van der Waals surface area contributed by atoms with Crippen LogP contribution < -0.4 is 5.32 Å². The molecule has 0 atom stereocenters. The zero-order valence-corrected chi connectivity index (χ0v) is 10.3. The summed E-state index contributed by atoms with van der Waals surface area (Å²) in [6.07, 6.45) is 2.05. The molecule has 0 aliphatic heterocycles. The lowest BCUT2D eigenvalue weighted by molar-refractivity contribution is 0.0926. The van der Waals surface area contributed by atoms with Crippen LogP contribution in [-0.4, -0.2) is 32.7 Å². The summed E-state index contributed by atoms with van der Waals surface area (Å²) in [5, 5.41) is 14.2. The van der Waals surface area contributed by atoms with Gasteiger partial charge in [-0.15, -0.1) is 5.10 Å². The highest BCUT2D eigenvalue weighted by atomic mass is 16.3. The second kappa shape index (κ2) is 5.44. The number of furan rings is 1. The molecule has 0 unspecified atom stereocenters. The van der Waals surface area contributed by atoms with Gasteiger partial charge in [0.15, 0.2) is 11.6 Å². The van der Waals surface area contributed by atoms with Crippen LogP contribution >= 0.6 is 0 Å². The summed E-state index contributed by atoms with van der Waals surface area (Å²) in [6.45, 7) is 4.47. The first-order valence-electron chi connectivity index (χ1n) is 5.77. The van der Waals surface area contributed by atoms with E-state index in [9.17, 15) is 4.79 Å². The number of nitrogens with zero attached hydrogens (tertiary/aromatic N) is 4. The fraction of sp³-hybridized carbons (Fsp3) is 0.455. The predicted molar refractivity (Wildman–Crippen MR) is 62.9 cm³/mol. The highest BCUT2D eigenvalue weighted by molar-refractivity contribution is 5.91. The average molecular weight is 249 g/mol. The number of hydrogen-bond donors (Lipinski definition) is 1. The summed E-state index contributed by atoms with van der Waals surface area (Å²) in [5.74, 6) is 0.826. The van der Waals surface area contributed by atoms with E-state index in [4.69, 9.17) is 4.42 Å². The number of hydrogen-bond acceptors (Lipinski definition) is 5. The second-order valence-corrected chi connectivity index (χ2v) is 4.12. The van der Waals surface area contributed by atoms with Gasteiger partial charge in [-0.3, -0.25) is 4.79 Å². The number of nitrogens with one attached hydrogen (secondary N) is 1. The topological polar surface area (TPSA) is 85.8 Å². The van der Waals surface area contributed by atoms with E-state index in [1.165, 1.54) is 6.26 Å². The molecule has 0 bridgehead atoms. The summed E-state index contributed by atoms with van der Waals surface area (Å²) in [5.41, 5.74) is 0. The Balaban J connectivity index is 1.85. The average Bonchev–Trinajstić information content (AvgIpc) is 2.99. The third kappa shape index (κ3) is 2.73. The molecule has 0 aliphatic carbocycles. The number of carbonyl (C=O) groups excluding carboxylic acids is 1. The van der Waals surface area contributed by atoms with Gasteiger partial charge in [0.1, 0.15) is 0 Å². The van der Waals surface area contributed by atoms with Gasteiger partial charge >= 0.3 is 0 Å². The normalized spacial score (nSPS) is 10.8. The summed E-state index contributed by atoms with van der Waals surface area (Å²) >= 11 is 0. The van der Waals surface area contributed by atoms with Crippen LogP contribution in [-0.2, 0) is 6.42 Å². The van der Waals surface area contributed by atoms with Crippen LogP contribution in [0.3, 0.4) is 0 Å². The van der Waals surface area contributed by atoms with E-state index in [0.717, 1.165) is 5.82 Å². The Morgan fingerprint density at radius 3 is 3.06 bits per heavy atom. The quantitative estimate of drug-likeness (QED) is 0.847. The maximum Gasteiger partial charge on any atom is 0.286 e. The standard InChI is InChI=1S/C11H15N5O2/c1-8(2)16-10(13-14-15-16)5-6-12-11(17)9-4-3-7-18-9/h3-4,7-8H,5-6H2,1-2H3,(H,12,17). The van der Waals surface area contributed by atoms with Crippen LogP contribution in [0.5, 0.6) is 0 Å². The first-order chi connectivity index (χ1) is 8.68. The molecule has 96 valence electrons. The Kier molecular flexibility index (Phi) is 3.71. The SMILES string of the molecule is CC(C)n1nnnc1CCNC(=O)c1ccco1. The van der Waals surface area contributed by atoms with Crippen molar-refractivity contribution in [2.75, 3.05) is 6.54 Å². The summed E-state index contributed by atoms with van der Waals surface area (Å²) in [4.78, 5) is 11.6. The molecule has 2 aromatic heterocycles. The minimum atomic E-state index is -0.233. The van der Waals surface area contributed by atoms with Crippen LogP contribution in [0.4, 0.5) is 0 Å². The van der Waals surface area contributed by atoms with Crippen molar-refractivity contribution in [3.05, 3.63) is 30.0 Å². The van der Waals surface area contributed by atoms with Gasteiger partial charge in [0.05, 0.1) is 12.3 Å². The number of rotatable bonds is 5. The van der Waals surface area contributed by atoms with Crippen molar-refractivity contribution in [2.24, 2.45) is 0 Å². The zero-order valence-electron chi connectivity index (χ0n) is 10.3. The fourth-order valence-corrected chi connectivity index (χ4v) is 1.56. The van der Waals surface area contributed by atoms with Crippen molar-refractivity contribution in [1.82, 2.24) is 25.5 Å². The van der Waals surface area contributed by atoms with E-state index in [-0.39, 0.29) is 11.9 Å².